The second kappa shape index (κ2) is 3.16. The van der Waals surface area contributed by atoms with Gasteiger partial charge in [0.15, 0.2) is 0 Å². The minimum Gasteiger partial charge on any atom is -0.0620 e. The molecule has 0 aliphatic heterocycles. The van der Waals surface area contributed by atoms with E-state index in [0.29, 0.717) is 5.41 Å². The summed E-state index contributed by atoms with van der Waals surface area (Å²) in [5, 5.41) is 0. The fourth-order valence-electron chi connectivity index (χ4n) is 1.92. The maximum Gasteiger partial charge on any atom is -0.0300 e. The fraction of sp³-hybridized carbons (Fsp3) is 0.909. The van der Waals surface area contributed by atoms with Gasteiger partial charge in [-0.15, -0.1) is 0 Å². The summed E-state index contributed by atoms with van der Waals surface area (Å²) in [6.07, 6.45) is 6.64. The molecule has 11 heavy (non-hydrogen) atoms. The van der Waals surface area contributed by atoms with Gasteiger partial charge in [0.2, 0.25) is 0 Å². The van der Waals surface area contributed by atoms with Crippen molar-refractivity contribution in [2.75, 3.05) is 0 Å². The molecule has 2 atom stereocenters. The first-order valence-electron chi connectivity index (χ1n) is 4.88. The molecule has 0 aromatic carbocycles. The molecule has 1 aliphatic carbocycles. The fourth-order valence-corrected chi connectivity index (χ4v) is 1.92. The Kier molecular flexibility index (Phi) is 2.61. The van der Waals surface area contributed by atoms with Gasteiger partial charge < -0.3 is 0 Å². The maximum atomic E-state index is 2.50. The molecule has 1 fully saturated rings. The first-order valence-corrected chi connectivity index (χ1v) is 4.88. The quantitative estimate of drug-likeness (QED) is 0.466. The zero-order valence-electron chi connectivity index (χ0n) is 8.35. The third-order valence-corrected chi connectivity index (χ3v) is 3.81. The molecule has 0 saturated heterocycles. The highest BCUT2D eigenvalue weighted by atomic mass is 14.4. The minimum atomic E-state index is 0.524. The van der Waals surface area contributed by atoms with E-state index in [1.807, 2.05) is 0 Å². The van der Waals surface area contributed by atoms with Crippen LogP contribution in [0.5, 0.6) is 0 Å². The van der Waals surface area contributed by atoms with E-state index in [1.54, 1.807) is 0 Å². The smallest absolute Gasteiger partial charge is 0.0300 e. The molecular weight excluding hydrogens is 132 g/mol. The van der Waals surface area contributed by atoms with Crippen molar-refractivity contribution in [1.82, 2.24) is 0 Å². The molecule has 0 heteroatoms. The van der Waals surface area contributed by atoms with Crippen LogP contribution in [0.3, 0.4) is 0 Å². The predicted molar refractivity (Wildman–Crippen MR) is 50.3 cm³/mol. The van der Waals surface area contributed by atoms with Crippen LogP contribution in [0, 0.1) is 23.7 Å². The van der Waals surface area contributed by atoms with Crippen molar-refractivity contribution in [1.29, 1.82) is 0 Å². The van der Waals surface area contributed by atoms with Crippen molar-refractivity contribution in [3.8, 4) is 0 Å². The van der Waals surface area contributed by atoms with Gasteiger partial charge in [0.25, 0.3) is 0 Å². The lowest BCUT2D eigenvalue weighted by Gasteiger charge is -2.35. The van der Waals surface area contributed by atoms with Crippen LogP contribution in [0.2, 0.25) is 0 Å². The molecule has 0 aromatic rings. The van der Waals surface area contributed by atoms with Crippen LogP contribution in [-0.4, -0.2) is 0 Å². The van der Waals surface area contributed by atoms with E-state index in [4.69, 9.17) is 0 Å². The minimum absolute atomic E-state index is 0.524. The zero-order valence-corrected chi connectivity index (χ0v) is 8.35. The van der Waals surface area contributed by atoms with Crippen molar-refractivity contribution >= 4 is 0 Å². The Bertz CT molecular complexity index is 110. The summed E-state index contributed by atoms with van der Waals surface area (Å²) in [5.41, 5.74) is 0.524. The van der Waals surface area contributed by atoms with E-state index >= 15 is 0 Å². The summed E-state index contributed by atoms with van der Waals surface area (Å²) in [6, 6.07) is 0. The Morgan fingerprint density at radius 1 is 1.27 bits per heavy atom. The molecule has 1 radical (unpaired) electrons. The molecule has 0 heterocycles. The monoisotopic (exact) mass is 153 g/mol. The Morgan fingerprint density at radius 3 is 2.55 bits per heavy atom. The van der Waals surface area contributed by atoms with Crippen LogP contribution in [0.4, 0.5) is 0 Å². The molecule has 1 rings (SSSR count). The summed E-state index contributed by atoms with van der Waals surface area (Å²) in [4.78, 5) is 0. The number of rotatable bonds is 0. The van der Waals surface area contributed by atoms with Crippen LogP contribution in [0.25, 0.3) is 0 Å². The van der Waals surface area contributed by atoms with Gasteiger partial charge in [-0.25, -0.2) is 0 Å². The lowest BCUT2D eigenvalue weighted by molar-refractivity contribution is 0.163. The van der Waals surface area contributed by atoms with Gasteiger partial charge in [-0.1, -0.05) is 40.5 Å². The topological polar surface area (TPSA) is 0 Å². The van der Waals surface area contributed by atoms with Gasteiger partial charge in [-0.3, -0.25) is 0 Å². The summed E-state index contributed by atoms with van der Waals surface area (Å²) in [6.45, 7) is 9.58. The van der Waals surface area contributed by atoms with E-state index in [0.717, 1.165) is 11.8 Å². The molecule has 0 nitrogen and oxygen atoms in total. The SMILES string of the molecule is CC1[CH]CCCC(C)C1(C)C. The maximum absolute atomic E-state index is 2.50. The normalized spacial score (nSPS) is 38.2. The molecule has 1 saturated carbocycles. The highest BCUT2D eigenvalue weighted by Gasteiger charge is 2.33. The van der Waals surface area contributed by atoms with Gasteiger partial charge in [-0.05, 0) is 30.1 Å². The molecule has 0 amide bonds. The Morgan fingerprint density at radius 2 is 1.91 bits per heavy atom. The summed E-state index contributed by atoms with van der Waals surface area (Å²) in [7, 11) is 0. The molecule has 0 aromatic heterocycles. The lowest BCUT2D eigenvalue weighted by Crippen LogP contribution is -2.27. The highest BCUT2D eigenvalue weighted by Crippen LogP contribution is 2.42. The Balaban J connectivity index is 2.67. The molecule has 1 aliphatic rings. The second-order valence-corrected chi connectivity index (χ2v) is 4.68. The summed E-state index contributed by atoms with van der Waals surface area (Å²) >= 11 is 0. The molecular formula is C11H21. The zero-order chi connectivity index (χ0) is 8.48. The van der Waals surface area contributed by atoms with Crippen molar-refractivity contribution < 1.29 is 0 Å². The van der Waals surface area contributed by atoms with Crippen molar-refractivity contribution in [2.45, 2.75) is 47.0 Å². The van der Waals surface area contributed by atoms with Gasteiger partial charge >= 0.3 is 0 Å². The van der Waals surface area contributed by atoms with E-state index < -0.39 is 0 Å². The first kappa shape index (κ1) is 9.09. The largest absolute Gasteiger partial charge is 0.0620 e. The first-order chi connectivity index (χ1) is 5.05. The molecule has 0 N–H and O–H groups in total. The van der Waals surface area contributed by atoms with E-state index in [-0.39, 0.29) is 0 Å². The third-order valence-electron chi connectivity index (χ3n) is 3.81. The number of hydrogen-bond donors (Lipinski definition) is 0. The van der Waals surface area contributed by atoms with Gasteiger partial charge in [0, 0.05) is 0 Å². The van der Waals surface area contributed by atoms with Crippen LogP contribution < -0.4 is 0 Å². The van der Waals surface area contributed by atoms with Gasteiger partial charge in [0.05, 0.1) is 0 Å². The predicted octanol–water partition coefficient (Wildman–Crippen LogP) is 3.67. The van der Waals surface area contributed by atoms with Crippen molar-refractivity contribution in [2.24, 2.45) is 17.3 Å². The average Bonchev–Trinajstić information content (AvgIpc) is 2.03. The van der Waals surface area contributed by atoms with E-state index in [9.17, 15) is 0 Å². The third kappa shape index (κ3) is 1.77. The van der Waals surface area contributed by atoms with Crippen molar-refractivity contribution in [3.05, 3.63) is 6.42 Å². The van der Waals surface area contributed by atoms with Crippen LogP contribution in [-0.2, 0) is 0 Å². The molecule has 65 valence electrons. The standard InChI is InChI=1S/C11H21/c1-9-7-5-6-8-10(2)11(9,3)4/h7,9-10H,5-6,8H2,1-4H3. The van der Waals surface area contributed by atoms with Gasteiger partial charge in [-0.2, -0.15) is 0 Å². The Labute approximate surface area is 71.4 Å². The van der Waals surface area contributed by atoms with E-state index in [1.165, 1.54) is 19.3 Å². The summed E-state index contributed by atoms with van der Waals surface area (Å²) < 4.78 is 0. The molecule has 0 bridgehead atoms. The van der Waals surface area contributed by atoms with Crippen molar-refractivity contribution in [3.63, 3.8) is 0 Å². The molecule has 0 spiro atoms. The van der Waals surface area contributed by atoms with Crippen LogP contribution in [0.1, 0.15) is 47.0 Å². The van der Waals surface area contributed by atoms with E-state index in [2.05, 4.69) is 34.1 Å². The van der Waals surface area contributed by atoms with Crippen LogP contribution in [0.15, 0.2) is 0 Å². The highest BCUT2D eigenvalue weighted by molar-refractivity contribution is 4.91. The van der Waals surface area contributed by atoms with Gasteiger partial charge in [0.1, 0.15) is 0 Å². The summed E-state index contributed by atoms with van der Waals surface area (Å²) in [5.74, 6) is 1.68. The number of hydrogen-bond acceptors (Lipinski definition) is 0. The molecule has 2 unspecified atom stereocenters. The van der Waals surface area contributed by atoms with Crippen LogP contribution >= 0.6 is 0 Å². The lowest BCUT2D eigenvalue weighted by atomic mass is 9.70. The Hall–Kier alpha value is 0. The second-order valence-electron chi connectivity index (χ2n) is 4.68. The average molecular weight is 153 g/mol.